The summed E-state index contributed by atoms with van der Waals surface area (Å²) >= 11 is 6.07. The fourth-order valence-electron chi connectivity index (χ4n) is 4.72. The van der Waals surface area contributed by atoms with Crippen LogP contribution >= 0.6 is 11.6 Å². The molecule has 4 aromatic rings. The third-order valence-corrected chi connectivity index (χ3v) is 6.76. The summed E-state index contributed by atoms with van der Waals surface area (Å²) in [6, 6.07) is 13.8. The molecule has 1 aliphatic heterocycles. The number of rotatable bonds is 5. The number of anilines is 1. The standard InChI is InChI=1S/C26H26ClFN6O/c1-16-23-17(2)34(22-10-8-20(27)9-11-22)32-24(23)25(31-30-16)33-12-4-6-19(15-33)26(35)29-14-18-5-3-7-21(28)13-18/h3,5,7-11,13,19H,4,6,12,14-15H2,1-2H3,(H,29,35)/t19-/m0/s1. The summed E-state index contributed by atoms with van der Waals surface area (Å²) in [7, 11) is 0. The quantitative estimate of drug-likeness (QED) is 0.435. The van der Waals surface area contributed by atoms with Gasteiger partial charge in [-0.05, 0) is 68.7 Å². The van der Waals surface area contributed by atoms with Crippen molar-refractivity contribution in [2.45, 2.75) is 33.2 Å². The molecule has 2 aromatic carbocycles. The van der Waals surface area contributed by atoms with E-state index >= 15 is 0 Å². The number of aromatic nitrogens is 4. The van der Waals surface area contributed by atoms with E-state index in [-0.39, 0.29) is 17.6 Å². The molecule has 9 heteroatoms. The van der Waals surface area contributed by atoms with Gasteiger partial charge in [-0.15, -0.1) is 5.10 Å². The van der Waals surface area contributed by atoms with Crippen LogP contribution in [0.25, 0.3) is 16.6 Å². The summed E-state index contributed by atoms with van der Waals surface area (Å²) in [6.07, 6.45) is 1.64. The minimum Gasteiger partial charge on any atom is -0.352 e. The van der Waals surface area contributed by atoms with Gasteiger partial charge in [0, 0.05) is 24.7 Å². The van der Waals surface area contributed by atoms with Crippen molar-refractivity contribution in [3.05, 3.63) is 76.3 Å². The molecular weight excluding hydrogens is 467 g/mol. The molecular formula is C26H26ClFN6O. The van der Waals surface area contributed by atoms with Crippen molar-refractivity contribution < 1.29 is 9.18 Å². The average Bonchev–Trinajstić information content (AvgIpc) is 3.21. The maximum Gasteiger partial charge on any atom is 0.225 e. The van der Waals surface area contributed by atoms with Gasteiger partial charge in [0.2, 0.25) is 5.91 Å². The summed E-state index contributed by atoms with van der Waals surface area (Å²) in [4.78, 5) is 15.0. The van der Waals surface area contributed by atoms with E-state index in [4.69, 9.17) is 16.7 Å². The number of amides is 1. The van der Waals surface area contributed by atoms with Crippen LogP contribution in [0.3, 0.4) is 0 Å². The van der Waals surface area contributed by atoms with Gasteiger partial charge >= 0.3 is 0 Å². The molecule has 0 radical (unpaired) electrons. The molecule has 0 spiro atoms. The van der Waals surface area contributed by atoms with Crippen molar-refractivity contribution in [2.24, 2.45) is 5.92 Å². The van der Waals surface area contributed by atoms with E-state index in [2.05, 4.69) is 20.4 Å². The minimum atomic E-state index is -0.309. The molecule has 0 unspecified atom stereocenters. The number of nitrogens with zero attached hydrogens (tertiary/aromatic N) is 5. The van der Waals surface area contributed by atoms with Gasteiger partial charge in [0.05, 0.1) is 28.4 Å². The molecule has 180 valence electrons. The lowest BCUT2D eigenvalue weighted by Gasteiger charge is -2.32. The van der Waals surface area contributed by atoms with Crippen molar-refractivity contribution in [2.75, 3.05) is 18.0 Å². The summed E-state index contributed by atoms with van der Waals surface area (Å²) in [5.41, 5.74) is 4.19. The number of aryl methyl sites for hydroxylation is 2. The molecule has 1 fully saturated rings. The number of hydrogen-bond acceptors (Lipinski definition) is 5. The van der Waals surface area contributed by atoms with Crippen molar-refractivity contribution in [1.82, 2.24) is 25.3 Å². The first-order valence-electron chi connectivity index (χ1n) is 11.7. The van der Waals surface area contributed by atoms with E-state index in [0.29, 0.717) is 23.9 Å². The summed E-state index contributed by atoms with van der Waals surface area (Å²) < 4.78 is 15.3. The first kappa shape index (κ1) is 23.2. The summed E-state index contributed by atoms with van der Waals surface area (Å²) in [5, 5.41) is 18.4. The van der Waals surface area contributed by atoms with E-state index in [1.807, 2.05) is 42.8 Å². The van der Waals surface area contributed by atoms with E-state index < -0.39 is 0 Å². The van der Waals surface area contributed by atoms with Gasteiger partial charge in [-0.3, -0.25) is 4.79 Å². The first-order valence-corrected chi connectivity index (χ1v) is 12.0. The molecule has 0 saturated carbocycles. The van der Waals surface area contributed by atoms with Crippen molar-refractivity contribution >= 4 is 34.2 Å². The zero-order valence-corrected chi connectivity index (χ0v) is 20.4. The maximum absolute atomic E-state index is 13.5. The number of carbonyl (C=O) groups excluding carboxylic acids is 1. The second-order valence-electron chi connectivity index (χ2n) is 8.94. The summed E-state index contributed by atoms with van der Waals surface area (Å²) in [6.45, 7) is 5.54. The largest absolute Gasteiger partial charge is 0.352 e. The molecule has 5 rings (SSSR count). The van der Waals surface area contributed by atoms with Crippen LogP contribution in [0.15, 0.2) is 48.5 Å². The predicted molar refractivity (Wildman–Crippen MR) is 134 cm³/mol. The second-order valence-corrected chi connectivity index (χ2v) is 9.38. The van der Waals surface area contributed by atoms with E-state index in [1.54, 1.807) is 12.1 Å². The van der Waals surface area contributed by atoms with Gasteiger partial charge in [0.25, 0.3) is 0 Å². The van der Waals surface area contributed by atoms with E-state index in [9.17, 15) is 9.18 Å². The van der Waals surface area contributed by atoms with Gasteiger partial charge in [-0.1, -0.05) is 23.7 Å². The second kappa shape index (κ2) is 9.62. The lowest BCUT2D eigenvalue weighted by molar-refractivity contribution is -0.125. The van der Waals surface area contributed by atoms with Crippen LogP contribution in [0, 0.1) is 25.6 Å². The van der Waals surface area contributed by atoms with E-state index in [1.165, 1.54) is 12.1 Å². The van der Waals surface area contributed by atoms with Crippen LogP contribution in [0.2, 0.25) is 5.02 Å². The molecule has 1 N–H and O–H groups in total. The van der Waals surface area contributed by atoms with Crippen molar-refractivity contribution in [3.63, 3.8) is 0 Å². The number of piperidine rings is 1. The Hall–Kier alpha value is -3.52. The lowest BCUT2D eigenvalue weighted by atomic mass is 9.97. The zero-order valence-electron chi connectivity index (χ0n) is 19.6. The Morgan fingerprint density at radius 3 is 2.74 bits per heavy atom. The number of hydrogen-bond donors (Lipinski definition) is 1. The van der Waals surface area contributed by atoms with Gasteiger partial charge in [-0.25, -0.2) is 9.07 Å². The molecule has 3 heterocycles. The van der Waals surface area contributed by atoms with Gasteiger partial charge in [0.15, 0.2) is 5.82 Å². The smallest absolute Gasteiger partial charge is 0.225 e. The zero-order chi connectivity index (χ0) is 24.5. The Bertz CT molecular complexity index is 1390. The van der Waals surface area contributed by atoms with Crippen molar-refractivity contribution in [1.29, 1.82) is 0 Å². The molecule has 7 nitrogen and oxygen atoms in total. The van der Waals surface area contributed by atoms with Crippen LogP contribution in [0.5, 0.6) is 0 Å². The molecule has 2 aromatic heterocycles. The normalized spacial score (nSPS) is 16.0. The average molecular weight is 493 g/mol. The molecule has 0 bridgehead atoms. The van der Waals surface area contributed by atoms with Gasteiger partial charge in [0.1, 0.15) is 11.3 Å². The number of nitrogens with one attached hydrogen (secondary N) is 1. The van der Waals surface area contributed by atoms with Crippen LogP contribution in [0.1, 0.15) is 29.8 Å². The number of carbonyl (C=O) groups is 1. The van der Waals surface area contributed by atoms with Crippen LogP contribution < -0.4 is 10.2 Å². The minimum absolute atomic E-state index is 0.0434. The highest BCUT2D eigenvalue weighted by molar-refractivity contribution is 6.30. The van der Waals surface area contributed by atoms with Crippen LogP contribution in [-0.4, -0.2) is 39.0 Å². The highest BCUT2D eigenvalue weighted by Crippen LogP contribution is 2.31. The highest BCUT2D eigenvalue weighted by atomic mass is 35.5. The van der Waals surface area contributed by atoms with Crippen molar-refractivity contribution in [3.8, 4) is 5.69 Å². The Morgan fingerprint density at radius 1 is 1.17 bits per heavy atom. The monoisotopic (exact) mass is 492 g/mol. The van der Waals surface area contributed by atoms with E-state index in [0.717, 1.165) is 52.9 Å². The van der Waals surface area contributed by atoms with Crippen LogP contribution in [0.4, 0.5) is 10.2 Å². The maximum atomic E-state index is 13.5. The molecule has 35 heavy (non-hydrogen) atoms. The topological polar surface area (TPSA) is 75.9 Å². The SMILES string of the molecule is Cc1nnc(N2CCC[C@H](C(=O)NCc3cccc(F)c3)C2)c2nn(-c3ccc(Cl)cc3)c(C)c12. The summed E-state index contributed by atoms with van der Waals surface area (Å²) in [5.74, 6) is 0.132. The number of benzene rings is 2. The Balaban J connectivity index is 1.39. The fraction of sp³-hybridized carbons (Fsp3) is 0.308. The molecule has 1 atom stereocenters. The third kappa shape index (κ3) is 4.71. The van der Waals surface area contributed by atoms with Gasteiger partial charge in [-0.2, -0.15) is 10.2 Å². The molecule has 1 amide bonds. The molecule has 1 saturated heterocycles. The third-order valence-electron chi connectivity index (χ3n) is 6.50. The molecule has 0 aliphatic carbocycles. The predicted octanol–water partition coefficient (Wildman–Crippen LogP) is 4.76. The Kier molecular flexibility index (Phi) is 6.38. The van der Waals surface area contributed by atoms with Gasteiger partial charge < -0.3 is 10.2 Å². The lowest BCUT2D eigenvalue weighted by Crippen LogP contribution is -2.43. The number of halogens is 2. The Labute approximate surface area is 207 Å². The fourth-order valence-corrected chi connectivity index (χ4v) is 4.85. The first-order chi connectivity index (χ1) is 16.9. The molecule has 1 aliphatic rings. The number of fused-ring (bicyclic) bond motifs is 1. The Morgan fingerprint density at radius 2 is 1.97 bits per heavy atom. The van der Waals surface area contributed by atoms with Crippen LogP contribution in [-0.2, 0) is 11.3 Å². The highest BCUT2D eigenvalue weighted by Gasteiger charge is 2.29.